The molecular formula is C8H10ClN5. The van der Waals surface area contributed by atoms with Crippen molar-refractivity contribution in [2.24, 2.45) is 5.73 Å². The van der Waals surface area contributed by atoms with Gasteiger partial charge < -0.3 is 11.1 Å². The number of imidazole rings is 1. The van der Waals surface area contributed by atoms with Crippen LogP contribution in [0.25, 0.3) is 5.65 Å². The summed E-state index contributed by atoms with van der Waals surface area (Å²) in [5.41, 5.74) is 6.10. The molecule has 2 aromatic heterocycles. The van der Waals surface area contributed by atoms with Crippen molar-refractivity contribution in [3.05, 3.63) is 23.7 Å². The quantitative estimate of drug-likeness (QED) is 0.787. The minimum Gasteiger partial charge on any atom is -0.366 e. The van der Waals surface area contributed by atoms with Gasteiger partial charge in [0.15, 0.2) is 11.5 Å². The third-order valence-electron chi connectivity index (χ3n) is 1.82. The van der Waals surface area contributed by atoms with Crippen LogP contribution in [0.4, 0.5) is 5.82 Å². The van der Waals surface area contributed by atoms with E-state index in [0.717, 1.165) is 0 Å². The predicted molar refractivity (Wildman–Crippen MR) is 55.5 cm³/mol. The van der Waals surface area contributed by atoms with E-state index in [1.807, 2.05) is 0 Å². The predicted octanol–water partition coefficient (Wildman–Crippen LogP) is 0.753. The largest absolute Gasteiger partial charge is 0.366 e. The fourth-order valence-electron chi connectivity index (χ4n) is 1.20. The molecule has 0 bridgehead atoms. The highest BCUT2D eigenvalue weighted by molar-refractivity contribution is 6.29. The van der Waals surface area contributed by atoms with Crippen LogP contribution in [-0.4, -0.2) is 27.5 Å². The Bertz CT molecular complexity index is 438. The van der Waals surface area contributed by atoms with Crippen molar-refractivity contribution in [2.75, 3.05) is 18.4 Å². The average molecular weight is 212 g/mol. The molecule has 5 nitrogen and oxygen atoms in total. The number of nitrogens with two attached hydrogens (primary N) is 1. The van der Waals surface area contributed by atoms with Crippen LogP contribution in [0.5, 0.6) is 0 Å². The topological polar surface area (TPSA) is 68.2 Å². The van der Waals surface area contributed by atoms with Crippen LogP contribution in [0, 0.1) is 0 Å². The van der Waals surface area contributed by atoms with Gasteiger partial charge in [0.1, 0.15) is 5.15 Å². The number of anilines is 1. The third kappa shape index (κ3) is 1.51. The number of fused-ring (bicyclic) bond motifs is 1. The highest BCUT2D eigenvalue weighted by atomic mass is 35.5. The Morgan fingerprint density at radius 2 is 2.36 bits per heavy atom. The normalized spacial score (nSPS) is 10.7. The lowest BCUT2D eigenvalue weighted by atomic mass is 10.5. The summed E-state index contributed by atoms with van der Waals surface area (Å²) in [6.45, 7) is 1.22. The number of hydrogen-bond acceptors (Lipinski definition) is 4. The molecule has 0 aliphatic rings. The smallest absolute Gasteiger partial charge is 0.181 e. The summed E-state index contributed by atoms with van der Waals surface area (Å²) in [6, 6.07) is 0. The van der Waals surface area contributed by atoms with Crippen LogP contribution < -0.4 is 11.1 Å². The SMILES string of the molecule is NCCNc1nccn2c(Cl)cnc12. The van der Waals surface area contributed by atoms with Crippen molar-refractivity contribution in [1.82, 2.24) is 14.4 Å². The van der Waals surface area contributed by atoms with Gasteiger partial charge in [-0.25, -0.2) is 9.97 Å². The molecule has 3 N–H and O–H groups in total. The van der Waals surface area contributed by atoms with Crippen molar-refractivity contribution in [1.29, 1.82) is 0 Å². The molecule has 2 aromatic rings. The van der Waals surface area contributed by atoms with Gasteiger partial charge in [0.2, 0.25) is 0 Å². The Morgan fingerprint density at radius 3 is 3.14 bits per heavy atom. The maximum atomic E-state index is 5.90. The molecule has 0 saturated carbocycles. The zero-order chi connectivity index (χ0) is 9.97. The standard InChI is InChI=1S/C8H10ClN5/c9-6-5-13-8-7(11-2-1-10)12-3-4-14(6)8/h3-5H,1-2,10H2,(H,11,12). The average Bonchev–Trinajstić information content (AvgIpc) is 2.58. The van der Waals surface area contributed by atoms with Gasteiger partial charge >= 0.3 is 0 Å². The molecule has 0 atom stereocenters. The molecule has 0 unspecified atom stereocenters. The molecule has 2 heterocycles. The maximum absolute atomic E-state index is 5.90. The molecule has 0 aromatic carbocycles. The van der Waals surface area contributed by atoms with Gasteiger partial charge in [0.25, 0.3) is 0 Å². The molecule has 0 spiro atoms. The van der Waals surface area contributed by atoms with Crippen LogP contribution >= 0.6 is 11.6 Å². The molecule has 74 valence electrons. The number of rotatable bonds is 3. The van der Waals surface area contributed by atoms with Gasteiger partial charge in [0.05, 0.1) is 6.20 Å². The minimum absolute atomic E-state index is 0.553. The van der Waals surface area contributed by atoms with Gasteiger partial charge in [-0.1, -0.05) is 11.6 Å². The Labute approximate surface area is 85.9 Å². The van der Waals surface area contributed by atoms with E-state index < -0.39 is 0 Å². The summed E-state index contributed by atoms with van der Waals surface area (Å²) in [7, 11) is 0. The van der Waals surface area contributed by atoms with Gasteiger partial charge in [-0.05, 0) is 0 Å². The van der Waals surface area contributed by atoms with Crippen molar-refractivity contribution in [2.45, 2.75) is 0 Å². The summed E-state index contributed by atoms with van der Waals surface area (Å²) >= 11 is 5.90. The molecule has 0 aliphatic carbocycles. The zero-order valence-corrected chi connectivity index (χ0v) is 8.20. The number of halogens is 1. The number of nitrogens with one attached hydrogen (secondary N) is 1. The van der Waals surface area contributed by atoms with Crippen molar-refractivity contribution in [3.63, 3.8) is 0 Å². The van der Waals surface area contributed by atoms with E-state index >= 15 is 0 Å². The van der Waals surface area contributed by atoms with E-state index in [9.17, 15) is 0 Å². The van der Waals surface area contributed by atoms with Gasteiger partial charge in [0, 0.05) is 25.5 Å². The molecule has 0 saturated heterocycles. The number of aromatic nitrogens is 3. The zero-order valence-electron chi connectivity index (χ0n) is 7.44. The Balaban J connectivity index is 2.44. The summed E-state index contributed by atoms with van der Waals surface area (Å²) in [4.78, 5) is 8.29. The van der Waals surface area contributed by atoms with Crippen LogP contribution in [0.2, 0.25) is 5.15 Å². The second kappa shape index (κ2) is 3.81. The van der Waals surface area contributed by atoms with Gasteiger partial charge in [-0.15, -0.1) is 0 Å². The summed E-state index contributed by atoms with van der Waals surface area (Å²) < 4.78 is 1.76. The molecule has 0 radical (unpaired) electrons. The second-order valence-corrected chi connectivity index (χ2v) is 3.15. The Hall–Kier alpha value is -1.33. The van der Waals surface area contributed by atoms with E-state index in [1.54, 1.807) is 23.0 Å². The fraction of sp³-hybridized carbons (Fsp3) is 0.250. The first-order valence-electron chi connectivity index (χ1n) is 4.24. The molecule has 14 heavy (non-hydrogen) atoms. The van der Waals surface area contributed by atoms with E-state index in [0.29, 0.717) is 29.7 Å². The van der Waals surface area contributed by atoms with Gasteiger partial charge in [-0.3, -0.25) is 4.40 Å². The Kier molecular flexibility index (Phi) is 2.51. The van der Waals surface area contributed by atoms with Crippen LogP contribution in [0.3, 0.4) is 0 Å². The third-order valence-corrected chi connectivity index (χ3v) is 2.10. The first-order valence-corrected chi connectivity index (χ1v) is 4.62. The van der Waals surface area contributed by atoms with E-state index in [-0.39, 0.29) is 0 Å². The molecular weight excluding hydrogens is 202 g/mol. The molecule has 2 rings (SSSR count). The summed E-state index contributed by atoms with van der Waals surface area (Å²) in [6.07, 6.45) is 5.02. The highest BCUT2D eigenvalue weighted by Gasteiger charge is 2.05. The lowest BCUT2D eigenvalue weighted by Gasteiger charge is -2.04. The van der Waals surface area contributed by atoms with Crippen molar-refractivity contribution >= 4 is 23.1 Å². The molecule has 0 aliphatic heterocycles. The summed E-state index contributed by atoms with van der Waals surface area (Å²) in [5, 5.41) is 3.64. The Morgan fingerprint density at radius 1 is 1.50 bits per heavy atom. The van der Waals surface area contributed by atoms with E-state index in [1.165, 1.54) is 0 Å². The summed E-state index contributed by atoms with van der Waals surface area (Å²) in [5.74, 6) is 0.699. The lowest BCUT2D eigenvalue weighted by molar-refractivity contribution is 1.00. The molecule has 0 amide bonds. The minimum atomic E-state index is 0.553. The monoisotopic (exact) mass is 211 g/mol. The molecule has 0 fully saturated rings. The van der Waals surface area contributed by atoms with Crippen LogP contribution in [0.1, 0.15) is 0 Å². The number of hydrogen-bond donors (Lipinski definition) is 2. The lowest BCUT2D eigenvalue weighted by Crippen LogP contribution is -2.14. The maximum Gasteiger partial charge on any atom is 0.181 e. The van der Waals surface area contributed by atoms with Gasteiger partial charge in [-0.2, -0.15) is 0 Å². The molecule has 6 heteroatoms. The first kappa shape index (κ1) is 9.23. The highest BCUT2D eigenvalue weighted by Crippen LogP contribution is 2.16. The van der Waals surface area contributed by atoms with Crippen LogP contribution in [-0.2, 0) is 0 Å². The second-order valence-electron chi connectivity index (χ2n) is 2.77. The van der Waals surface area contributed by atoms with E-state index in [2.05, 4.69) is 15.3 Å². The number of nitrogens with zero attached hydrogens (tertiary/aromatic N) is 3. The first-order chi connectivity index (χ1) is 6.83. The van der Waals surface area contributed by atoms with Crippen molar-refractivity contribution in [3.8, 4) is 0 Å². The fourth-order valence-corrected chi connectivity index (χ4v) is 1.39. The van der Waals surface area contributed by atoms with Crippen molar-refractivity contribution < 1.29 is 0 Å². The van der Waals surface area contributed by atoms with Crippen LogP contribution in [0.15, 0.2) is 18.6 Å². The van der Waals surface area contributed by atoms with E-state index in [4.69, 9.17) is 17.3 Å².